The van der Waals surface area contributed by atoms with E-state index in [2.05, 4.69) is 112 Å². The van der Waals surface area contributed by atoms with Crippen molar-refractivity contribution < 1.29 is 4.21 Å². The van der Waals surface area contributed by atoms with E-state index in [1.54, 1.807) is 0 Å². The van der Waals surface area contributed by atoms with Gasteiger partial charge in [-0.2, -0.15) is 0 Å². The molecule has 4 nitrogen and oxygen atoms in total. The van der Waals surface area contributed by atoms with Crippen LogP contribution in [0.4, 0.5) is 0 Å². The number of pyridine rings is 1. The van der Waals surface area contributed by atoms with Crippen LogP contribution in [0.5, 0.6) is 0 Å². The third-order valence-corrected chi connectivity index (χ3v) is 9.66. The number of hydrogen-bond donors (Lipinski definition) is 0. The monoisotopic (exact) mass is 531 g/mol. The minimum atomic E-state index is -1.23. The van der Waals surface area contributed by atoms with Crippen LogP contribution in [0.2, 0.25) is 0 Å². The first-order chi connectivity index (χ1) is 19.8. The largest absolute Gasteiger partial charge is 0.309 e. The molecule has 3 aromatic heterocycles. The molecule has 0 saturated heterocycles. The number of nitrogens with zero attached hydrogens (tertiary/aromatic N) is 3. The second kappa shape index (κ2) is 8.01. The summed E-state index contributed by atoms with van der Waals surface area (Å²) in [6, 6.07) is 42.1. The Balaban J connectivity index is 1.29. The zero-order valence-corrected chi connectivity index (χ0v) is 22.1. The SMILES string of the molecule is O=S1c2ccc(-n3c4ccccc4c4ccccc43)cc2-c2cc(-n3c4ccccc4c4cccnc43)ccc21. The van der Waals surface area contributed by atoms with Crippen molar-refractivity contribution in [1.82, 2.24) is 14.1 Å². The van der Waals surface area contributed by atoms with Gasteiger partial charge in [0.1, 0.15) is 5.65 Å². The topological polar surface area (TPSA) is 39.8 Å². The zero-order chi connectivity index (χ0) is 26.4. The molecule has 0 saturated carbocycles. The van der Waals surface area contributed by atoms with Gasteiger partial charge in [0.25, 0.3) is 0 Å². The maximum Gasteiger partial charge on any atom is 0.145 e. The number of rotatable bonds is 2. The van der Waals surface area contributed by atoms with Crippen LogP contribution in [0.15, 0.2) is 137 Å². The van der Waals surface area contributed by atoms with E-state index < -0.39 is 10.8 Å². The molecule has 1 atom stereocenters. The van der Waals surface area contributed by atoms with Gasteiger partial charge in [0.05, 0.1) is 37.1 Å². The Morgan fingerprint density at radius 2 is 0.975 bits per heavy atom. The van der Waals surface area contributed by atoms with Crippen LogP contribution < -0.4 is 0 Å². The summed E-state index contributed by atoms with van der Waals surface area (Å²) in [5.74, 6) is 0. The van der Waals surface area contributed by atoms with E-state index in [9.17, 15) is 4.21 Å². The quantitative estimate of drug-likeness (QED) is 0.225. The second-order valence-electron chi connectivity index (χ2n) is 10.2. The predicted octanol–water partition coefficient (Wildman–Crippen LogP) is 8.42. The van der Waals surface area contributed by atoms with Gasteiger partial charge in [-0.15, -0.1) is 0 Å². The molecule has 9 rings (SSSR count). The molecule has 40 heavy (non-hydrogen) atoms. The summed E-state index contributed by atoms with van der Waals surface area (Å²) in [6.07, 6.45) is 1.84. The smallest absolute Gasteiger partial charge is 0.145 e. The van der Waals surface area contributed by atoms with Gasteiger partial charge < -0.3 is 4.57 Å². The van der Waals surface area contributed by atoms with Crippen molar-refractivity contribution in [2.45, 2.75) is 9.79 Å². The fourth-order valence-corrected chi connectivity index (χ4v) is 7.79. The maximum atomic E-state index is 13.6. The molecule has 8 aromatic rings. The highest BCUT2D eigenvalue weighted by Crippen LogP contribution is 2.44. The Morgan fingerprint density at radius 3 is 1.57 bits per heavy atom. The van der Waals surface area contributed by atoms with Gasteiger partial charge in [-0.1, -0.05) is 54.6 Å². The van der Waals surface area contributed by atoms with Crippen LogP contribution in [-0.4, -0.2) is 18.3 Å². The lowest BCUT2D eigenvalue weighted by Gasteiger charge is -2.11. The molecule has 1 aliphatic heterocycles. The Hall–Kier alpha value is -5.00. The Morgan fingerprint density at radius 1 is 0.500 bits per heavy atom. The number of hydrogen-bond acceptors (Lipinski definition) is 2. The second-order valence-corrected chi connectivity index (χ2v) is 11.6. The molecule has 0 aliphatic carbocycles. The lowest BCUT2D eigenvalue weighted by Crippen LogP contribution is -1.96. The van der Waals surface area contributed by atoms with Gasteiger partial charge in [-0.25, -0.2) is 9.19 Å². The van der Waals surface area contributed by atoms with E-state index in [0.29, 0.717) is 0 Å². The Kier molecular flexibility index (Phi) is 4.38. The van der Waals surface area contributed by atoms with Crippen LogP contribution in [0.3, 0.4) is 0 Å². The molecule has 5 heteroatoms. The first kappa shape index (κ1) is 21.9. The first-order valence-electron chi connectivity index (χ1n) is 13.3. The Bertz CT molecular complexity index is 2090. The molecule has 0 N–H and O–H groups in total. The summed E-state index contributed by atoms with van der Waals surface area (Å²) in [4.78, 5) is 6.46. The van der Waals surface area contributed by atoms with Crippen LogP contribution in [0.25, 0.3) is 66.2 Å². The Labute approximate surface area is 232 Å². The molecule has 188 valence electrons. The summed E-state index contributed by atoms with van der Waals surface area (Å²) in [5.41, 5.74) is 8.44. The normalized spacial score (nSPS) is 14.3. The molecule has 0 spiro atoms. The number of benzene rings is 5. The van der Waals surface area contributed by atoms with Crippen LogP contribution >= 0.6 is 0 Å². The van der Waals surface area contributed by atoms with E-state index in [1.807, 2.05) is 24.4 Å². The van der Waals surface area contributed by atoms with Crippen molar-refractivity contribution in [3.05, 3.63) is 128 Å². The van der Waals surface area contributed by atoms with Gasteiger partial charge in [-0.3, -0.25) is 4.57 Å². The highest BCUT2D eigenvalue weighted by molar-refractivity contribution is 7.85. The summed E-state index contributed by atoms with van der Waals surface area (Å²) in [7, 11) is -1.23. The lowest BCUT2D eigenvalue weighted by atomic mass is 10.0. The highest BCUT2D eigenvalue weighted by atomic mass is 32.2. The van der Waals surface area contributed by atoms with Gasteiger partial charge in [-0.05, 0) is 66.7 Å². The molecular formula is C35H21N3OS. The predicted molar refractivity (Wildman–Crippen MR) is 163 cm³/mol. The van der Waals surface area contributed by atoms with E-state index in [1.165, 1.54) is 16.2 Å². The fourth-order valence-electron chi connectivity index (χ4n) is 6.43. The molecule has 1 aliphatic rings. The van der Waals surface area contributed by atoms with Gasteiger partial charge in [0.15, 0.2) is 0 Å². The molecule has 4 heterocycles. The lowest BCUT2D eigenvalue weighted by molar-refractivity contribution is 0.685. The number of aromatic nitrogens is 3. The summed E-state index contributed by atoms with van der Waals surface area (Å²) in [5, 5.41) is 4.74. The summed E-state index contributed by atoms with van der Waals surface area (Å²) >= 11 is 0. The highest BCUT2D eigenvalue weighted by Gasteiger charge is 2.27. The van der Waals surface area contributed by atoms with E-state index in [4.69, 9.17) is 4.98 Å². The molecule has 0 amide bonds. The van der Waals surface area contributed by atoms with Crippen LogP contribution in [0.1, 0.15) is 0 Å². The van der Waals surface area contributed by atoms with Crippen molar-refractivity contribution >= 4 is 54.5 Å². The number of fused-ring (bicyclic) bond motifs is 9. The van der Waals surface area contributed by atoms with Gasteiger partial charge in [0, 0.05) is 50.2 Å². The number of para-hydroxylation sites is 3. The van der Waals surface area contributed by atoms with Crippen LogP contribution in [-0.2, 0) is 10.8 Å². The average molecular weight is 532 g/mol. The third kappa shape index (κ3) is 2.84. The van der Waals surface area contributed by atoms with Crippen molar-refractivity contribution in [2.75, 3.05) is 0 Å². The molecule has 5 aromatic carbocycles. The molecule has 1 unspecified atom stereocenters. The van der Waals surface area contributed by atoms with E-state index in [-0.39, 0.29) is 0 Å². The standard InChI is InChI=1S/C35H21N3OS/c39-40-33-17-15-22(37-30-12-4-1-8-24(30)25-9-2-5-13-31(25)37)20-28(33)29-21-23(16-18-34(29)40)38-32-14-6-3-10-26(32)27-11-7-19-36-35(27)38/h1-21H. The first-order valence-corrected chi connectivity index (χ1v) is 14.5. The van der Waals surface area contributed by atoms with Gasteiger partial charge in [0.2, 0.25) is 0 Å². The minimum absolute atomic E-state index is 0.854. The van der Waals surface area contributed by atoms with Gasteiger partial charge >= 0.3 is 0 Å². The molecule has 0 bridgehead atoms. The van der Waals surface area contributed by atoms with Crippen molar-refractivity contribution in [2.24, 2.45) is 0 Å². The maximum absolute atomic E-state index is 13.6. The zero-order valence-electron chi connectivity index (χ0n) is 21.3. The van der Waals surface area contributed by atoms with E-state index in [0.717, 1.165) is 59.9 Å². The molecule has 0 radical (unpaired) electrons. The third-order valence-electron chi connectivity index (χ3n) is 8.15. The molecule has 0 fully saturated rings. The molecular weight excluding hydrogens is 510 g/mol. The van der Waals surface area contributed by atoms with Crippen molar-refractivity contribution in [1.29, 1.82) is 0 Å². The summed E-state index contributed by atoms with van der Waals surface area (Å²) < 4.78 is 18.1. The van der Waals surface area contributed by atoms with E-state index >= 15 is 0 Å². The average Bonchev–Trinajstić information content (AvgIpc) is 3.63. The van der Waals surface area contributed by atoms with Crippen LogP contribution in [0, 0.1) is 0 Å². The van der Waals surface area contributed by atoms with Crippen molar-refractivity contribution in [3.8, 4) is 22.5 Å². The fraction of sp³-hybridized carbons (Fsp3) is 0. The minimum Gasteiger partial charge on any atom is -0.309 e. The summed E-state index contributed by atoms with van der Waals surface area (Å²) in [6.45, 7) is 0. The van der Waals surface area contributed by atoms with Crippen molar-refractivity contribution in [3.63, 3.8) is 0 Å².